The fourth-order valence-electron chi connectivity index (χ4n) is 2.51. The average Bonchev–Trinajstić information content (AvgIpc) is 2.78. The number of aryl methyl sites for hydroxylation is 1. The number of sulfonamides is 1. The van der Waals surface area contributed by atoms with E-state index in [9.17, 15) is 8.42 Å². The van der Waals surface area contributed by atoms with Crippen molar-refractivity contribution < 1.29 is 8.42 Å². The highest BCUT2D eigenvalue weighted by Crippen LogP contribution is 2.28. The molecule has 3 nitrogen and oxygen atoms in total. The summed E-state index contributed by atoms with van der Waals surface area (Å²) < 4.78 is 26.8. The summed E-state index contributed by atoms with van der Waals surface area (Å²) in [5.74, 6) is 0. The Morgan fingerprint density at radius 2 is 2.06 bits per heavy atom. The Labute approximate surface area is 104 Å². The minimum absolute atomic E-state index is 0.180. The Kier molecular flexibility index (Phi) is 3.54. The highest BCUT2D eigenvalue weighted by Gasteiger charge is 2.34. The molecular formula is C13H19NO2S. The van der Waals surface area contributed by atoms with E-state index < -0.39 is 10.0 Å². The van der Waals surface area contributed by atoms with Crippen molar-refractivity contribution in [3.05, 3.63) is 29.8 Å². The Morgan fingerprint density at radius 3 is 2.71 bits per heavy atom. The first-order valence-electron chi connectivity index (χ1n) is 6.15. The summed E-state index contributed by atoms with van der Waals surface area (Å²) in [5, 5.41) is 0. The lowest BCUT2D eigenvalue weighted by atomic mass is 10.2. The smallest absolute Gasteiger partial charge is 0.207 e. The van der Waals surface area contributed by atoms with Gasteiger partial charge in [-0.15, -0.1) is 0 Å². The van der Waals surface area contributed by atoms with Crippen molar-refractivity contribution in [1.29, 1.82) is 0 Å². The van der Waals surface area contributed by atoms with Gasteiger partial charge in [0.15, 0.2) is 0 Å². The first kappa shape index (κ1) is 12.6. The van der Waals surface area contributed by atoms with Crippen LogP contribution in [0.2, 0.25) is 0 Å². The monoisotopic (exact) mass is 253 g/mol. The summed E-state index contributed by atoms with van der Waals surface area (Å²) in [7, 11) is -3.30. The molecule has 0 aromatic heterocycles. The van der Waals surface area contributed by atoms with Crippen LogP contribution in [0, 0.1) is 6.92 Å². The molecule has 1 heterocycles. The maximum Gasteiger partial charge on any atom is 0.243 e. The Morgan fingerprint density at radius 1 is 1.35 bits per heavy atom. The highest BCUT2D eigenvalue weighted by molar-refractivity contribution is 7.89. The predicted molar refractivity (Wildman–Crippen MR) is 68.4 cm³/mol. The van der Waals surface area contributed by atoms with Crippen molar-refractivity contribution in [2.24, 2.45) is 0 Å². The molecule has 1 saturated heterocycles. The van der Waals surface area contributed by atoms with Gasteiger partial charge in [0, 0.05) is 12.6 Å². The number of hydrogen-bond acceptors (Lipinski definition) is 2. The molecule has 0 amide bonds. The van der Waals surface area contributed by atoms with Crippen molar-refractivity contribution in [2.75, 3.05) is 6.54 Å². The Balaban J connectivity index is 2.40. The zero-order valence-electron chi connectivity index (χ0n) is 10.4. The topological polar surface area (TPSA) is 37.4 Å². The zero-order chi connectivity index (χ0) is 12.5. The van der Waals surface area contributed by atoms with Crippen LogP contribution in [0.4, 0.5) is 0 Å². The quantitative estimate of drug-likeness (QED) is 0.830. The summed E-state index contributed by atoms with van der Waals surface area (Å²) in [6, 6.07) is 7.39. The van der Waals surface area contributed by atoms with Crippen LogP contribution in [0.15, 0.2) is 29.2 Å². The van der Waals surface area contributed by atoms with Gasteiger partial charge in [-0.05, 0) is 37.8 Å². The molecular weight excluding hydrogens is 234 g/mol. The highest BCUT2D eigenvalue weighted by atomic mass is 32.2. The SMILES string of the molecule is CCC1CCCN1S(=O)(=O)c1ccccc1C. The standard InChI is InChI=1S/C13H19NO2S/c1-3-12-8-6-10-14(12)17(15,16)13-9-5-4-7-11(13)2/h4-5,7,9,12H,3,6,8,10H2,1-2H3. The van der Waals surface area contributed by atoms with Crippen molar-refractivity contribution in [3.63, 3.8) is 0 Å². The van der Waals surface area contributed by atoms with Crippen molar-refractivity contribution in [1.82, 2.24) is 4.31 Å². The van der Waals surface area contributed by atoms with Crippen LogP contribution in [0.5, 0.6) is 0 Å². The number of benzene rings is 1. The van der Waals surface area contributed by atoms with Gasteiger partial charge in [0.1, 0.15) is 0 Å². The third-order valence-corrected chi connectivity index (χ3v) is 5.59. The molecule has 0 spiro atoms. The van der Waals surface area contributed by atoms with Gasteiger partial charge in [-0.25, -0.2) is 8.42 Å². The first-order chi connectivity index (χ1) is 8.07. The molecule has 1 aromatic carbocycles. The van der Waals surface area contributed by atoms with E-state index >= 15 is 0 Å². The second kappa shape index (κ2) is 4.78. The van der Waals surface area contributed by atoms with Gasteiger partial charge in [0.05, 0.1) is 4.90 Å². The molecule has 0 saturated carbocycles. The minimum atomic E-state index is -3.30. The lowest BCUT2D eigenvalue weighted by Gasteiger charge is -2.23. The van der Waals surface area contributed by atoms with Gasteiger partial charge in [-0.2, -0.15) is 4.31 Å². The van der Waals surface area contributed by atoms with E-state index in [2.05, 4.69) is 6.92 Å². The maximum atomic E-state index is 12.6. The van der Waals surface area contributed by atoms with Gasteiger partial charge in [0.25, 0.3) is 0 Å². The summed E-state index contributed by atoms with van der Waals surface area (Å²) in [5.41, 5.74) is 0.828. The Hall–Kier alpha value is -0.870. The summed E-state index contributed by atoms with van der Waals surface area (Å²) in [6.07, 6.45) is 2.86. The summed E-state index contributed by atoms with van der Waals surface area (Å²) >= 11 is 0. The minimum Gasteiger partial charge on any atom is -0.207 e. The number of rotatable bonds is 3. The molecule has 1 aliphatic heterocycles. The van der Waals surface area contributed by atoms with Gasteiger partial charge in [-0.3, -0.25) is 0 Å². The fourth-order valence-corrected chi connectivity index (χ4v) is 4.50. The van der Waals surface area contributed by atoms with E-state index in [1.54, 1.807) is 16.4 Å². The molecule has 1 unspecified atom stereocenters. The van der Waals surface area contributed by atoms with Crippen LogP contribution in [0.1, 0.15) is 31.7 Å². The second-order valence-corrected chi connectivity index (χ2v) is 6.44. The third kappa shape index (κ3) is 2.24. The molecule has 1 atom stereocenters. The van der Waals surface area contributed by atoms with Gasteiger partial charge < -0.3 is 0 Å². The van der Waals surface area contributed by atoms with Crippen molar-refractivity contribution >= 4 is 10.0 Å². The van der Waals surface area contributed by atoms with Crippen molar-refractivity contribution in [2.45, 2.75) is 44.0 Å². The third-order valence-electron chi connectivity index (χ3n) is 3.47. The van der Waals surface area contributed by atoms with Crippen LogP contribution < -0.4 is 0 Å². The molecule has 4 heteroatoms. The van der Waals surface area contributed by atoms with E-state index in [-0.39, 0.29) is 6.04 Å². The molecule has 0 bridgehead atoms. The molecule has 1 aliphatic rings. The first-order valence-corrected chi connectivity index (χ1v) is 7.59. The zero-order valence-corrected chi connectivity index (χ0v) is 11.2. The van der Waals surface area contributed by atoms with Gasteiger partial charge in [-0.1, -0.05) is 25.1 Å². The molecule has 1 fully saturated rings. The number of hydrogen-bond donors (Lipinski definition) is 0. The van der Waals surface area contributed by atoms with Crippen LogP contribution in [-0.2, 0) is 10.0 Å². The molecule has 0 N–H and O–H groups in total. The molecule has 1 aromatic rings. The van der Waals surface area contributed by atoms with Crippen LogP contribution in [0.25, 0.3) is 0 Å². The maximum absolute atomic E-state index is 12.6. The van der Waals surface area contributed by atoms with E-state index in [0.717, 1.165) is 24.8 Å². The summed E-state index contributed by atoms with van der Waals surface area (Å²) in [4.78, 5) is 0.459. The lowest BCUT2D eigenvalue weighted by Crippen LogP contribution is -2.35. The largest absolute Gasteiger partial charge is 0.243 e. The number of nitrogens with zero attached hydrogens (tertiary/aromatic N) is 1. The lowest BCUT2D eigenvalue weighted by molar-refractivity contribution is 0.379. The van der Waals surface area contributed by atoms with Crippen LogP contribution in [0.3, 0.4) is 0 Å². The van der Waals surface area contributed by atoms with Gasteiger partial charge in [0.2, 0.25) is 10.0 Å². The van der Waals surface area contributed by atoms with E-state index in [0.29, 0.717) is 11.4 Å². The molecule has 94 valence electrons. The normalized spacial score (nSPS) is 21.9. The Bertz CT molecular complexity index is 496. The van der Waals surface area contributed by atoms with Crippen LogP contribution in [-0.4, -0.2) is 25.3 Å². The average molecular weight is 253 g/mol. The predicted octanol–water partition coefficient (Wildman–Crippen LogP) is 2.56. The van der Waals surface area contributed by atoms with E-state index in [1.165, 1.54) is 0 Å². The molecule has 0 aliphatic carbocycles. The van der Waals surface area contributed by atoms with Gasteiger partial charge >= 0.3 is 0 Å². The molecule has 17 heavy (non-hydrogen) atoms. The molecule has 2 rings (SSSR count). The van der Waals surface area contributed by atoms with E-state index in [1.807, 2.05) is 19.1 Å². The second-order valence-electron chi connectivity index (χ2n) is 4.59. The van der Waals surface area contributed by atoms with Crippen LogP contribution >= 0.6 is 0 Å². The fraction of sp³-hybridized carbons (Fsp3) is 0.538. The summed E-state index contributed by atoms with van der Waals surface area (Å²) in [6.45, 7) is 4.56. The van der Waals surface area contributed by atoms with E-state index in [4.69, 9.17) is 0 Å². The molecule has 0 radical (unpaired) electrons. The van der Waals surface area contributed by atoms with Crippen molar-refractivity contribution in [3.8, 4) is 0 Å².